The number of unbranched alkanes of at least 4 members (excludes halogenated alkanes) is 3. The first-order valence-corrected chi connectivity index (χ1v) is 12.4. The van der Waals surface area contributed by atoms with Gasteiger partial charge in [-0.2, -0.15) is 5.10 Å². The molecule has 2 N–H and O–H groups in total. The Hall–Kier alpha value is -1.66. The normalized spacial score (nSPS) is 15.8. The van der Waals surface area contributed by atoms with Crippen LogP contribution in [0.25, 0.3) is 11.3 Å². The first kappa shape index (κ1) is 21.1. The van der Waals surface area contributed by atoms with E-state index >= 15 is 0 Å². The number of aliphatic hydroxyl groups is 1. The van der Waals surface area contributed by atoms with Crippen molar-refractivity contribution in [2.24, 2.45) is 0 Å². The molecule has 1 heterocycles. The fraction of sp³-hybridized carbons (Fsp3) is 0.591. The van der Waals surface area contributed by atoms with Crippen molar-refractivity contribution in [2.75, 3.05) is 12.9 Å². The number of rotatable bonds is 9. The maximum absolute atomic E-state index is 11.8. The smallest absolute Gasteiger partial charge is 0.175 e. The minimum atomic E-state index is -3.19. The number of aryl methyl sites for hydroxylation is 1. The Morgan fingerprint density at radius 2 is 1.71 bits per heavy atom. The fourth-order valence-electron chi connectivity index (χ4n) is 4.26. The van der Waals surface area contributed by atoms with Gasteiger partial charge in [0.1, 0.15) is 0 Å². The third-order valence-corrected chi connectivity index (χ3v) is 6.92. The average Bonchev–Trinajstić information content (AvgIpc) is 3.12. The summed E-state index contributed by atoms with van der Waals surface area (Å²) >= 11 is 0. The number of hydrogen-bond donors (Lipinski definition) is 2. The highest BCUT2D eigenvalue weighted by Gasteiger charge is 2.25. The minimum Gasteiger partial charge on any atom is -0.396 e. The van der Waals surface area contributed by atoms with Gasteiger partial charge in [-0.3, -0.25) is 5.10 Å². The zero-order valence-corrected chi connectivity index (χ0v) is 17.6. The molecule has 5 nitrogen and oxygen atoms in total. The van der Waals surface area contributed by atoms with Gasteiger partial charge in [-0.1, -0.05) is 44.2 Å². The van der Waals surface area contributed by atoms with E-state index < -0.39 is 9.84 Å². The van der Waals surface area contributed by atoms with Gasteiger partial charge < -0.3 is 5.11 Å². The van der Waals surface area contributed by atoms with Crippen molar-refractivity contribution in [3.63, 3.8) is 0 Å². The van der Waals surface area contributed by atoms with Gasteiger partial charge in [0.25, 0.3) is 0 Å². The Morgan fingerprint density at radius 3 is 2.36 bits per heavy atom. The van der Waals surface area contributed by atoms with E-state index in [2.05, 4.69) is 10.2 Å². The van der Waals surface area contributed by atoms with Crippen LogP contribution < -0.4 is 0 Å². The van der Waals surface area contributed by atoms with Crippen LogP contribution in [0.15, 0.2) is 29.2 Å². The van der Waals surface area contributed by atoms with Crippen LogP contribution in [-0.4, -0.2) is 36.6 Å². The van der Waals surface area contributed by atoms with Gasteiger partial charge in [-0.05, 0) is 55.7 Å². The monoisotopic (exact) mass is 404 g/mol. The Balaban J connectivity index is 1.85. The number of aromatic nitrogens is 2. The molecular weight excluding hydrogens is 372 g/mol. The molecule has 2 aromatic rings. The number of nitrogens with zero attached hydrogens (tertiary/aromatic N) is 1. The van der Waals surface area contributed by atoms with E-state index in [-0.39, 0.29) is 6.61 Å². The van der Waals surface area contributed by atoms with Crippen LogP contribution in [0.4, 0.5) is 0 Å². The van der Waals surface area contributed by atoms with E-state index in [0.717, 1.165) is 49.1 Å². The third kappa shape index (κ3) is 5.23. The number of sulfone groups is 1. The fourth-order valence-corrected chi connectivity index (χ4v) is 4.89. The molecule has 0 saturated heterocycles. The van der Waals surface area contributed by atoms with Crippen molar-refractivity contribution < 1.29 is 13.5 Å². The maximum atomic E-state index is 11.8. The molecule has 1 fully saturated rings. The summed E-state index contributed by atoms with van der Waals surface area (Å²) in [5.74, 6) is 0.532. The van der Waals surface area contributed by atoms with Gasteiger partial charge in [0.05, 0.1) is 16.3 Å². The van der Waals surface area contributed by atoms with Crippen LogP contribution in [0.5, 0.6) is 0 Å². The molecule has 0 bridgehead atoms. The second-order valence-corrected chi connectivity index (χ2v) is 9.99. The number of aromatic amines is 1. The second kappa shape index (κ2) is 9.70. The zero-order valence-electron chi connectivity index (χ0n) is 16.8. The summed E-state index contributed by atoms with van der Waals surface area (Å²) in [5.41, 5.74) is 4.57. The van der Waals surface area contributed by atoms with E-state index in [0.29, 0.717) is 10.8 Å². The SMILES string of the molecule is CS(=O)(=O)c1ccc(-c2[nH]nc(CCCCCCO)c2C2CCCCC2)cc1. The molecule has 0 radical (unpaired) electrons. The van der Waals surface area contributed by atoms with Crippen molar-refractivity contribution >= 4 is 9.84 Å². The van der Waals surface area contributed by atoms with Crippen LogP contribution >= 0.6 is 0 Å². The summed E-state index contributed by atoms with van der Waals surface area (Å²) < 4.78 is 23.5. The van der Waals surface area contributed by atoms with Crippen molar-refractivity contribution in [3.8, 4) is 11.3 Å². The van der Waals surface area contributed by atoms with Gasteiger partial charge in [-0.25, -0.2) is 8.42 Å². The lowest BCUT2D eigenvalue weighted by atomic mass is 9.81. The zero-order chi connectivity index (χ0) is 20.0. The summed E-state index contributed by atoms with van der Waals surface area (Å²) in [6.45, 7) is 0.267. The summed E-state index contributed by atoms with van der Waals surface area (Å²) in [6.07, 6.45) is 12.5. The Kier molecular flexibility index (Phi) is 7.30. The van der Waals surface area contributed by atoms with E-state index in [4.69, 9.17) is 5.11 Å². The topological polar surface area (TPSA) is 83.0 Å². The number of nitrogens with one attached hydrogen (secondary N) is 1. The van der Waals surface area contributed by atoms with E-state index in [9.17, 15) is 8.42 Å². The van der Waals surface area contributed by atoms with Crippen molar-refractivity contribution in [2.45, 2.75) is 75.0 Å². The summed E-state index contributed by atoms with van der Waals surface area (Å²) in [5, 5.41) is 16.9. The molecule has 154 valence electrons. The quantitative estimate of drug-likeness (QED) is 0.597. The van der Waals surface area contributed by atoms with Crippen molar-refractivity contribution in [1.29, 1.82) is 0 Å². The molecule has 28 heavy (non-hydrogen) atoms. The number of hydrogen-bond acceptors (Lipinski definition) is 4. The van der Waals surface area contributed by atoms with Gasteiger partial charge in [0, 0.05) is 18.4 Å². The Morgan fingerprint density at radius 1 is 1.04 bits per heavy atom. The maximum Gasteiger partial charge on any atom is 0.175 e. The molecule has 0 unspecified atom stereocenters. The molecule has 1 saturated carbocycles. The molecule has 0 atom stereocenters. The van der Waals surface area contributed by atoms with Gasteiger partial charge >= 0.3 is 0 Å². The average molecular weight is 405 g/mol. The third-order valence-electron chi connectivity index (χ3n) is 5.79. The molecule has 1 aliphatic carbocycles. The largest absolute Gasteiger partial charge is 0.396 e. The van der Waals surface area contributed by atoms with Crippen LogP contribution in [0.3, 0.4) is 0 Å². The summed E-state index contributed by atoms with van der Waals surface area (Å²) in [6, 6.07) is 7.15. The molecule has 3 rings (SSSR count). The highest BCUT2D eigenvalue weighted by molar-refractivity contribution is 7.90. The lowest BCUT2D eigenvalue weighted by Crippen LogP contribution is -2.08. The van der Waals surface area contributed by atoms with Crippen LogP contribution in [0, 0.1) is 0 Å². The Bertz CT molecular complexity index is 850. The Labute approximate surface area is 168 Å². The molecule has 0 spiro atoms. The highest BCUT2D eigenvalue weighted by atomic mass is 32.2. The first-order valence-electron chi connectivity index (χ1n) is 10.5. The number of H-pyrrole nitrogens is 1. The summed E-state index contributed by atoms with van der Waals surface area (Å²) in [4.78, 5) is 0.346. The molecule has 0 aliphatic heterocycles. The molecule has 1 aliphatic rings. The van der Waals surface area contributed by atoms with E-state index in [1.807, 2.05) is 12.1 Å². The lowest BCUT2D eigenvalue weighted by molar-refractivity contribution is 0.282. The number of benzene rings is 1. The second-order valence-electron chi connectivity index (χ2n) is 7.98. The van der Waals surface area contributed by atoms with E-state index in [1.54, 1.807) is 12.1 Å². The van der Waals surface area contributed by atoms with Crippen LogP contribution in [0.2, 0.25) is 0 Å². The van der Waals surface area contributed by atoms with Crippen molar-refractivity contribution in [3.05, 3.63) is 35.5 Å². The van der Waals surface area contributed by atoms with Crippen LogP contribution in [0.1, 0.15) is 75.0 Å². The molecule has 1 aromatic heterocycles. The van der Waals surface area contributed by atoms with E-state index in [1.165, 1.54) is 43.9 Å². The standard InChI is InChI=1S/C22H32N2O3S/c1-28(26,27)19-14-12-18(13-15-19)22-21(17-9-5-4-6-10-17)20(23-24-22)11-7-2-3-8-16-25/h12-15,17,25H,2-11,16H2,1H3,(H,23,24). The lowest BCUT2D eigenvalue weighted by Gasteiger charge is -2.23. The predicted molar refractivity (Wildman–Crippen MR) is 112 cm³/mol. The summed E-state index contributed by atoms with van der Waals surface area (Å²) in [7, 11) is -3.19. The highest BCUT2D eigenvalue weighted by Crippen LogP contribution is 2.39. The minimum absolute atomic E-state index is 0.267. The molecule has 0 amide bonds. The van der Waals surface area contributed by atoms with Gasteiger partial charge in [-0.15, -0.1) is 0 Å². The predicted octanol–water partition coefficient (Wildman–Crippen LogP) is 4.62. The first-order chi connectivity index (χ1) is 13.5. The number of aliphatic hydroxyl groups excluding tert-OH is 1. The van der Waals surface area contributed by atoms with Gasteiger partial charge in [0.15, 0.2) is 9.84 Å². The molecule has 1 aromatic carbocycles. The van der Waals surface area contributed by atoms with Crippen LogP contribution in [-0.2, 0) is 16.3 Å². The van der Waals surface area contributed by atoms with Crippen molar-refractivity contribution in [1.82, 2.24) is 10.2 Å². The molecular formula is C22H32N2O3S. The van der Waals surface area contributed by atoms with Gasteiger partial charge in [0.2, 0.25) is 0 Å². The molecule has 6 heteroatoms.